The number of hydrogen-bond donors (Lipinski definition) is 5. The third kappa shape index (κ3) is 1.74. The van der Waals surface area contributed by atoms with Gasteiger partial charge in [-0.25, -0.2) is 4.99 Å². The number of pyridine rings is 1. The molecule has 1 unspecified atom stereocenters. The number of rotatable bonds is 1. The van der Waals surface area contributed by atoms with Crippen molar-refractivity contribution in [2.75, 3.05) is 6.54 Å². The molecule has 0 bridgehead atoms. The minimum atomic E-state index is -1.02. The van der Waals surface area contributed by atoms with Crippen molar-refractivity contribution in [3.8, 4) is 0 Å². The average Bonchev–Trinajstić information content (AvgIpc) is 2.70. The van der Waals surface area contributed by atoms with Crippen LogP contribution in [0.1, 0.15) is 16.8 Å². The van der Waals surface area contributed by atoms with E-state index >= 15 is 0 Å². The summed E-state index contributed by atoms with van der Waals surface area (Å²) < 4.78 is 0. The smallest absolute Gasteiger partial charge is 0.210 e. The summed E-state index contributed by atoms with van der Waals surface area (Å²) in [7, 11) is 0. The van der Waals surface area contributed by atoms with Crippen LogP contribution in [0.2, 0.25) is 0 Å². The van der Waals surface area contributed by atoms with Crippen LogP contribution in [0, 0.1) is 0 Å². The second-order valence-electron chi connectivity index (χ2n) is 4.27. The molecule has 0 saturated carbocycles. The van der Waals surface area contributed by atoms with Gasteiger partial charge in [0.2, 0.25) is 11.7 Å². The molecule has 0 spiro atoms. The van der Waals surface area contributed by atoms with E-state index in [-0.39, 0.29) is 5.96 Å². The Kier molecular flexibility index (Phi) is 2.25. The van der Waals surface area contributed by atoms with Crippen molar-refractivity contribution >= 4 is 5.96 Å². The Morgan fingerprint density at radius 2 is 2.29 bits per heavy atom. The lowest BCUT2D eigenvalue weighted by Crippen LogP contribution is -2.50. The highest BCUT2D eigenvalue weighted by Gasteiger charge is 2.32. The summed E-state index contributed by atoms with van der Waals surface area (Å²) in [4.78, 5) is 8.57. The van der Waals surface area contributed by atoms with Crippen molar-refractivity contribution in [1.29, 1.82) is 0 Å². The van der Waals surface area contributed by atoms with Gasteiger partial charge in [-0.15, -0.1) is 0 Å². The first-order chi connectivity index (χ1) is 8.17. The topological polar surface area (TPSA) is 113 Å². The Morgan fingerprint density at radius 1 is 1.41 bits per heavy atom. The third-order valence-corrected chi connectivity index (χ3v) is 3.03. The second-order valence-corrected chi connectivity index (χ2v) is 4.27. The van der Waals surface area contributed by atoms with Gasteiger partial charge < -0.3 is 11.1 Å². The maximum Gasteiger partial charge on any atom is 0.210 e. The van der Waals surface area contributed by atoms with Crippen LogP contribution in [-0.2, 0) is 18.8 Å². The Hall–Kier alpha value is -1.70. The van der Waals surface area contributed by atoms with E-state index in [1.54, 1.807) is 6.20 Å². The number of hydrazine groups is 1. The van der Waals surface area contributed by atoms with Crippen LogP contribution in [-0.4, -0.2) is 17.5 Å². The fourth-order valence-corrected chi connectivity index (χ4v) is 2.10. The van der Waals surface area contributed by atoms with E-state index in [4.69, 9.17) is 11.5 Å². The van der Waals surface area contributed by atoms with Gasteiger partial charge in [-0.3, -0.25) is 16.1 Å². The number of fused-ring (bicyclic) bond motifs is 1. The van der Waals surface area contributed by atoms with E-state index in [1.165, 1.54) is 5.56 Å². The number of hydrogen-bond acceptors (Lipinski definition) is 7. The van der Waals surface area contributed by atoms with E-state index in [0.29, 0.717) is 0 Å². The number of nitrogens with one attached hydrogen (secondary N) is 3. The second kappa shape index (κ2) is 3.66. The fourth-order valence-electron chi connectivity index (χ4n) is 2.10. The zero-order valence-corrected chi connectivity index (χ0v) is 9.33. The maximum atomic E-state index is 6.10. The normalized spacial score (nSPS) is 27.2. The van der Waals surface area contributed by atoms with Crippen LogP contribution in [0.5, 0.6) is 0 Å². The van der Waals surface area contributed by atoms with E-state index in [2.05, 4.69) is 26.1 Å². The molecule has 90 valence electrons. The molecular formula is C10H15N7. The molecule has 2 aliphatic heterocycles. The summed E-state index contributed by atoms with van der Waals surface area (Å²) in [6.45, 7) is 1.79. The van der Waals surface area contributed by atoms with Crippen LogP contribution in [0.4, 0.5) is 0 Å². The molecule has 7 heteroatoms. The number of nitrogens with zero attached hydrogens (tertiary/aromatic N) is 2. The first-order valence-corrected chi connectivity index (χ1v) is 5.54. The van der Waals surface area contributed by atoms with E-state index in [1.807, 2.05) is 6.07 Å². The molecule has 0 amide bonds. The monoisotopic (exact) mass is 233 g/mol. The Labute approximate surface area is 98.7 Å². The third-order valence-electron chi connectivity index (χ3n) is 3.03. The van der Waals surface area contributed by atoms with Crippen molar-refractivity contribution in [3.05, 3.63) is 29.1 Å². The van der Waals surface area contributed by atoms with Crippen LogP contribution in [0.3, 0.4) is 0 Å². The molecule has 0 aliphatic carbocycles. The van der Waals surface area contributed by atoms with Crippen molar-refractivity contribution in [2.45, 2.75) is 18.8 Å². The van der Waals surface area contributed by atoms with Gasteiger partial charge in [0.15, 0.2) is 0 Å². The van der Waals surface area contributed by atoms with Crippen molar-refractivity contribution < 1.29 is 0 Å². The van der Waals surface area contributed by atoms with Crippen LogP contribution < -0.4 is 27.6 Å². The molecule has 7 N–H and O–H groups in total. The summed E-state index contributed by atoms with van der Waals surface area (Å²) in [5.41, 5.74) is 20.3. The van der Waals surface area contributed by atoms with Crippen LogP contribution in [0.25, 0.3) is 0 Å². The summed E-state index contributed by atoms with van der Waals surface area (Å²) in [5, 5.41) is 3.30. The van der Waals surface area contributed by atoms with Gasteiger partial charge in [0.05, 0.1) is 0 Å². The highest BCUT2D eigenvalue weighted by molar-refractivity contribution is 5.79. The molecule has 1 atom stereocenters. The van der Waals surface area contributed by atoms with Crippen molar-refractivity contribution in [1.82, 2.24) is 21.2 Å². The van der Waals surface area contributed by atoms with Crippen molar-refractivity contribution in [2.24, 2.45) is 16.5 Å². The highest BCUT2D eigenvalue weighted by Crippen LogP contribution is 2.21. The minimum absolute atomic E-state index is 0.281. The Balaban J connectivity index is 1.99. The standard InChI is InChI=1S/C10H15N7/c11-9-15-10(12,17-16-9)7-3-6-4-13-2-1-8(6)14-5-7/h3,5,13,17H,1-2,4,12H2,(H3,11,15,16). The molecule has 0 saturated heterocycles. The fraction of sp³-hybridized carbons (Fsp3) is 0.400. The van der Waals surface area contributed by atoms with Gasteiger partial charge in [0, 0.05) is 37.0 Å². The Bertz CT molecular complexity index is 484. The molecule has 3 heterocycles. The molecule has 17 heavy (non-hydrogen) atoms. The van der Waals surface area contributed by atoms with E-state index in [0.717, 1.165) is 30.8 Å². The van der Waals surface area contributed by atoms with Crippen molar-refractivity contribution in [3.63, 3.8) is 0 Å². The number of guanidine groups is 1. The van der Waals surface area contributed by atoms with Gasteiger partial charge in [-0.2, -0.15) is 5.43 Å². The quantitative estimate of drug-likeness (QED) is 0.392. The number of aromatic nitrogens is 1. The van der Waals surface area contributed by atoms with Gasteiger partial charge in [0.25, 0.3) is 0 Å². The molecule has 0 radical (unpaired) electrons. The van der Waals surface area contributed by atoms with Gasteiger partial charge in [-0.05, 0) is 11.6 Å². The zero-order valence-electron chi connectivity index (χ0n) is 9.33. The van der Waals surface area contributed by atoms with E-state index < -0.39 is 5.79 Å². The maximum absolute atomic E-state index is 6.10. The first-order valence-electron chi connectivity index (χ1n) is 5.54. The van der Waals surface area contributed by atoms with Crippen LogP contribution >= 0.6 is 0 Å². The summed E-state index contributed by atoms with van der Waals surface area (Å²) in [5.74, 6) is -0.743. The highest BCUT2D eigenvalue weighted by atomic mass is 15.6. The molecular weight excluding hydrogens is 218 g/mol. The summed E-state index contributed by atoms with van der Waals surface area (Å²) in [6, 6.07) is 2.02. The molecule has 1 aromatic rings. The minimum Gasteiger partial charge on any atom is -0.369 e. The zero-order chi connectivity index (χ0) is 11.9. The van der Waals surface area contributed by atoms with E-state index in [9.17, 15) is 0 Å². The molecule has 2 aliphatic rings. The lowest BCUT2D eigenvalue weighted by molar-refractivity contribution is 0.373. The number of nitrogens with two attached hydrogens (primary N) is 2. The molecule has 0 aromatic carbocycles. The SMILES string of the molecule is NC1=NC(N)(c2cnc3c(c2)CNCC3)NN1. The van der Waals surface area contributed by atoms with Gasteiger partial charge in [0.1, 0.15) is 0 Å². The predicted octanol–water partition coefficient (Wildman–Crippen LogP) is -1.78. The molecule has 1 aromatic heterocycles. The molecule has 0 fully saturated rings. The molecule has 7 nitrogen and oxygen atoms in total. The lowest BCUT2D eigenvalue weighted by Gasteiger charge is -2.23. The summed E-state index contributed by atoms with van der Waals surface area (Å²) in [6.07, 6.45) is 2.70. The predicted molar refractivity (Wildman–Crippen MR) is 63.4 cm³/mol. The largest absolute Gasteiger partial charge is 0.369 e. The summed E-state index contributed by atoms with van der Waals surface area (Å²) >= 11 is 0. The van der Waals surface area contributed by atoms with Crippen LogP contribution in [0.15, 0.2) is 17.3 Å². The van der Waals surface area contributed by atoms with Gasteiger partial charge in [-0.1, -0.05) is 0 Å². The lowest BCUT2D eigenvalue weighted by atomic mass is 10.0. The molecule has 3 rings (SSSR count). The average molecular weight is 233 g/mol. The Morgan fingerprint density at radius 3 is 3.06 bits per heavy atom. The first kappa shape index (κ1) is 10.5. The van der Waals surface area contributed by atoms with Gasteiger partial charge >= 0.3 is 0 Å². The number of aliphatic imine (C=N–C) groups is 1.